The number of rotatable bonds is 4. The van der Waals surface area contributed by atoms with Crippen LogP contribution in [0.4, 0.5) is 10.3 Å². The molecule has 1 atom stereocenters. The number of hydrogen-bond acceptors (Lipinski definition) is 3. The van der Waals surface area contributed by atoms with E-state index in [0.717, 1.165) is 48.5 Å². The summed E-state index contributed by atoms with van der Waals surface area (Å²) in [6, 6.07) is 15.3. The minimum atomic E-state index is -0.205. The van der Waals surface area contributed by atoms with Gasteiger partial charge in [-0.2, -0.15) is 0 Å². The topological polar surface area (TPSA) is 41.9 Å². The molecule has 7 heteroatoms. The van der Waals surface area contributed by atoms with E-state index in [1.807, 2.05) is 30.3 Å². The molecule has 146 valence electrons. The monoisotopic (exact) mass is 410 g/mol. The lowest BCUT2D eigenvalue weighted by Crippen LogP contribution is -2.23. The Labute approximate surface area is 171 Å². The Bertz CT molecular complexity index is 843. The van der Waals surface area contributed by atoms with Crippen LogP contribution < -0.4 is 10.6 Å². The molecule has 4 rings (SSSR count). The Kier molecular flexibility index (Phi) is 7.90. The van der Waals surface area contributed by atoms with Gasteiger partial charge in [-0.1, -0.05) is 24.3 Å². The molecule has 1 aliphatic rings. The highest BCUT2D eigenvalue weighted by atomic mass is 35.5. The highest BCUT2D eigenvalue weighted by Gasteiger charge is 2.16. The lowest BCUT2D eigenvalue weighted by Gasteiger charge is -2.18. The molecule has 2 N–H and O–H groups in total. The van der Waals surface area contributed by atoms with E-state index >= 15 is 0 Å². The number of benzene rings is 2. The number of hydrogen-bond donors (Lipinski definition) is 2. The van der Waals surface area contributed by atoms with Gasteiger partial charge in [-0.3, -0.25) is 0 Å². The average molecular weight is 411 g/mol. The summed E-state index contributed by atoms with van der Waals surface area (Å²) in [7, 11) is 0. The molecule has 1 aliphatic heterocycles. The van der Waals surface area contributed by atoms with Gasteiger partial charge in [0.05, 0.1) is 17.6 Å². The Morgan fingerprint density at radius 1 is 1.04 bits per heavy atom. The molecule has 0 radical (unpaired) electrons. The first-order valence-electron chi connectivity index (χ1n) is 8.96. The summed E-state index contributed by atoms with van der Waals surface area (Å²) in [5.41, 5.74) is 3.15. The zero-order valence-electron chi connectivity index (χ0n) is 15.0. The van der Waals surface area contributed by atoms with Crippen LogP contribution in [0.25, 0.3) is 11.0 Å². The molecule has 4 nitrogen and oxygen atoms in total. The molecule has 27 heavy (non-hydrogen) atoms. The fourth-order valence-electron chi connectivity index (χ4n) is 3.46. The van der Waals surface area contributed by atoms with Crippen molar-refractivity contribution in [2.75, 3.05) is 18.4 Å². The first-order valence-corrected chi connectivity index (χ1v) is 8.96. The number of fused-ring (bicyclic) bond motifs is 1. The van der Waals surface area contributed by atoms with Gasteiger partial charge in [-0.25, -0.2) is 9.37 Å². The molecule has 1 saturated heterocycles. The third-order valence-electron chi connectivity index (χ3n) is 4.82. The Balaban J connectivity index is 0.00000131. The highest BCUT2D eigenvalue weighted by Crippen LogP contribution is 2.23. The van der Waals surface area contributed by atoms with Gasteiger partial charge < -0.3 is 15.2 Å². The number of halogens is 3. The van der Waals surface area contributed by atoms with Gasteiger partial charge in [0, 0.05) is 6.04 Å². The van der Waals surface area contributed by atoms with Crippen LogP contribution in [0.2, 0.25) is 0 Å². The minimum absolute atomic E-state index is 0. The molecule has 0 bridgehead atoms. The zero-order chi connectivity index (χ0) is 17.1. The first-order chi connectivity index (χ1) is 12.3. The van der Waals surface area contributed by atoms with E-state index in [4.69, 9.17) is 4.98 Å². The van der Waals surface area contributed by atoms with Crippen molar-refractivity contribution in [2.45, 2.75) is 31.8 Å². The molecular formula is C20H25Cl2FN4. The normalized spacial score (nSPS) is 16.9. The Hall–Kier alpha value is -1.82. The molecule has 1 aromatic heterocycles. The summed E-state index contributed by atoms with van der Waals surface area (Å²) in [6.45, 7) is 2.80. The van der Waals surface area contributed by atoms with Gasteiger partial charge in [0.1, 0.15) is 5.82 Å². The fourth-order valence-corrected chi connectivity index (χ4v) is 3.46. The van der Waals surface area contributed by atoms with Crippen LogP contribution in [0.1, 0.15) is 24.8 Å². The van der Waals surface area contributed by atoms with Crippen molar-refractivity contribution in [3.63, 3.8) is 0 Å². The Morgan fingerprint density at radius 2 is 1.81 bits per heavy atom. The van der Waals surface area contributed by atoms with Gasteiger partial charge in [0.25, 0.3) is 0 Å². The molecule has 0 saturated carbocycles. The van der Waals surface area contributed by atoms with Crippen LogP contribution in [0.5, 0.6) is 0 Å². The number of aromatic nitrogens is 2. The molecule has 1 unspecified atom stereocenters. The van der Waals surface area contributed by atoms with Gasteiger partial charge in [0.15, 0.2) is 0 Å². The van der Waals surface area contributed by atoms with E-state index in [2.05, 4.69) is 21.3 Å². The quantitative estimate of drug-likeness (QED) is 0.658. The molecule has 0 spiro atoms. The smallest absolute Gasteiger partial charge is 0.204 e. The fraction of sp³-hybridized carbons (Fsp3) is 0.350. The number of anilines is 1. The standard InChI is InChI=1S/C20H23FN4.2ClH/c21-16-9-7-15(8-10-16)14-25-19-6-2-1-5-18(19)24-20(25)23-17-4-3-12-22-13-11-17;;/h1-2,5-10,17,22H,3-4,11-14H2,(H,23,24);2*1H. The second-order valence-corrected chi connectivity index (χ2v) is 6.66. The largest absolute Gasteiger partial charge is 0.353 e. The summed E-state index contributed by atoms with van der Waals surface area (Å²) in [4.78, 5) is 4.81. The third-order valence-corrected chi connectivity index (χ3v) is 4.82. The van der Waals surface area contributed by atoms with Crippen LogP contribution in [-0.4, -0.2) is 28.7 Å². The molecule has 0 aliphatic carbocycles. The maximum atomic E-state index is 13.2. The molecule has 2 aromatic carbocycles. The molecule has 3 aromatic rings. The van der Waals surface area contributed by atoms with Gasteiger partial charge in [-0.15, -0.1) is 24.8 Å². The second kappa shape index (κ2) is 9.93. The number of imidazole rings is 1. The molecule has 1 fully saturated rings. The van der Waals surface area contributed by atoms with Crippen molar-refractivity contribution in [1.29, 1.82) is 0 Å². The van der Waals surface area contributed by atoms with Crippen molar-refractivity contribution in [1.82, 2.24) is 14.9 Å². The zero-order valence-corrected chi connectivity index (χ0v) is 16.7. The summed E-state index contributed by atoms with van der Waals surface area (Å²) in [5, 5.41) is 7.09. The number of nitrogens with zero attached hydrogens (tertiary/aromatic N) is 2. The predicted molar refractivity (Wildman–Crippen MR) is 114 cm³/mol. The van der Waals surface area contributed by atoms with Crippen molar-refractivity contribution >= 4 is 41.8 Å². The van der Waals surface area contributed by atoms with Crippen molar-refractivity contribution in [3.8, 4) is 0 Å². The van der Waals surface area contributed by atoms with Crippen LogP contribution in [0.15, 0.2) is 48.5 Å². The number of nitrogens with one attached hydrogen (secondary N) is 2. The van der Waals surface area contributed by atoms with Crippen LogP contribution in [0, 0.1) is 5.82 Å². The number of para-hydroxylation sites is 2. The summed E-state index contributed by atoms with van der Waals surface area (Å²) in [6.07, 6.45) is 3.42. The Morgan fingerprint density at radius 3 is 2.63 bits per heavy atom. The minimum Gasteiger partial charge on any atom is -0.353 e. The molecule has 2 heterocycles. The van der Waals surface area contributed by atoms with Crippen LogP contribution in [-0.2, 0) is 6.54 Å². The first kappa shape index (κ1) is 21.5. The van der Waals surface area contributed by atoms with E-state index in [-0.39, 0.29) is 30.6 Å². The van der Waals surface area contributed by atoms with Crippen LogP contribution in [0.3, 0.4) is 0 Å². The van der Waals surface area contributed by atoms with E-state index in [0.29, 0.717) is 12.6 Å². The third kappa shape index (κ3) is 5.12. The van der Waals surface area contributed by atoms with Gasteiger partial charge in [-0.05, 0) is 62.2 Å². The van der Waals surface area contributed by atoms with Gasteiger partial charge in [0.2, 0.25) is 5.95 Å². The summed E-state index contributed by atoms with van der Waals surface area (Å²) >= 11 is 0. The van der Waals surface area contributed by atoms with Crippen LogP contribution >= 0.6 is 24.8 Å². The van der Waals surface area contributed by atoms with E-state index in [9.17, 15) is 4.39 Å². The molecular weight excluding hydrogens is 386 g/mol. The summed E-state index contributed by atoms with van der Waals surface area (Å²) < 4.78 is 15.4. The second-order valence-electron chi connectivity index (χ2n) is 6.66. The van der Waals surface area contributed by atoms with E-state index in [1.54, 1.807) is 0 Å². The molecule has 0 amide bonds. The van der Waals surface area contributed by atoms with E-state index < -0.39 is 0 Å². The lowest BCUT2D eigenvalue weighted by molar-refractivity contribution is 0.623. The van der Waals surface area contributed by atoms with E-state index in [1.165, 1.54) is 18.6 Å². The van der Waals surface area contributed by atoms with Crippen molar-refractivity contribution < 1.29 is 4.39 Å². The highest BCUT2D eigenvalue weighted by molar-refractivity contribution is 5.85. The summed E-state index contributed by atoms with van der Waals surface area (Å²) in [5.74, 6) is 0.695. The maximum absolute atomic E-state index is 13.2. The average Bonchev–Trinajstić information content (AvgIpc) is 2.79. The lowest BCUT2D eigenvalue weighted by atomic mass is 10.1. The maximum Gasteiger partial charge on any atom is 0.204 e. The van der Waals surface area contributed by atoms with Crippen molar-refractivity contribution in [2.24, 2.45) is 0 Å². The van der Waals surface area contributed by atoms with Gasteiger partial charge >= 0.3 is 0 Å². The SMILES string of the molecule is Cl.Cl.Fc1ccc(Cn2c(NC3CCCNCC3)nc3ccccc32)cc1. The van der Waals surface area contributed by atoms with Crippen molar-refractivity contribution in [3.05, 3.63) is 59.9 Å². The predicted octanol–water partition coefficient (Wildman–Crippen LogP) is 4.62.